The number of rotatable bonds is 10. The van der Waals surface area contributed by atoms with E-state index >= 15 is 0 Å². The van der Waals surface area contributed by atoms with E-state index in [1.54, 1.807) is 7.11 Å². The van der Waals surface area contributed by atoms with Crippen LogP contribution < -0.4 is 10.1 Å². The second-order valence-corrected chi connectivity index (χ2v) is 10.1. The molecule has 2 fully saturated rings. The Bertz CT molecular complexity index is 1100. The Morgan fingerprint density at radius 1 is 1.08 bits per heavy atom. The van der Waals surface area contributed by atoms with Crippen LogP contribution in [0.2, 0.25) is 0 Å². The molecule has 7 heteroatoms. The fourth-order valence-corrected chi connectivity index (χ4v) is 5.19. The largest absolute Gasteiger partial charge is 0.497 e. The maximum Gasteiger partial charge on any atom is 0.230 e. The zero-order chi connectivity index (χ0) is 24.7. The zero-order valence-electron chi connectivity index (χ0n) is 21.1. The molecule has 1 saturated heterocycles. The second-order valence-electron chi connectivity index (χ2n) is 10.1. The fraction of sp³-hybridized carbons (Fsp3) is 0.483. The van der Waals surface area contributed by atoms with Gasteiger partial charge in [-0.2, -0.15) is 4.98 Å². The van der Waals surface area contributed by atoms with Crippen molar-refractivity contribution in [2.24, 2.45) is 5.92 Å². The lowest BCUT2D eigenvalue weighted by Gasteiger charge is -2.32. The summed E-state index contributed by atoms with van der Waals surface area (Å²) in [6.07, 6.45) is 7.22. The summed E-state index contributed by atoms with van der Waals surface area (Å²) < 4.78 is 10.9. The molecule has 190 valence electrons. The van der Waals surface area contributed by atoms with E-state index in [0.717, 1.165) is 56.1 Å². The highest BCUT2D eigenvalue weighted by molar-refractivity contribution is 5.76. The van der Waals surface area contributed by atoms with Crippen molar-refractivity contribution in [1.29, 1.82) is 0 Å². The Kier molecular flexibility index (Phi) is 7.96. The molecule has 0 radical (unpaired) electrons. The van der Waals surface area contributed by atoms with E-state index in [4.69, 9.17) is 9.26 Å². The lowest BCUT2D eigenvalue weighted by Crippen LogP contribution is -2.37. The van der Waals surface area contributed by atoms with Gasteiger partial charge >= 0.3 is 0 Å². The van der Waals surface area contributed by atoms with E-state index in [0.29, 0.717) is 18.2 Å². The molecule has 3 aromatic rings. The van der Waals surface area contributed by atoms with E-state index in [1.165, 1.54) is 24.8 Å². The van der Waals surface area contributed by atoms with Crippen molar-refractivity contribution in [3.63, 3.8) is 0 Å². The average molecular weight is 489 g/mol. The number of ether oxygens (including phenoxy) is 1. The molecular weight excluding hydrogens is 452 g/mol. The molecule has 0 spiro atoms. The van der Waals surface area contributed by atoms with E-state index in [-0.39, 0.29) is 17.9 Å². The summed E-state index contributed by atoms with van der Waals surface area (Å²) in [6, 6.07) is 18.1. The van der Waals surface area contributed by atoms with Crippen LogP contribution in [0.3, 0.4) is 0 Å². The molecule has 0 bridgehead atoms. The van der Waals surface area contributed by atoms with Crippen LogP contribution in [0.25, 0.3) is 11.4 Å². The highest BCUT2D eigenvalue weighted by Gasteiger charge is 2.27. The van der Waals surface area contributed by atoms with Crippen LogP contribution in [0, 0.1) is 5.92 Å². The summed E-state index contributed by atoms with van der Waals surface area (Å²) in [7, 11) is 1.65. The van der Waals surface area contributed by atoms with Gasteiger partial charge in [-0.25, -0.2) is 0 Å². The van der Waals surface area contributed by atoms with Crippen LogP contribution in [0.1, 0.15) is 68.4 Å². The number of carbonyl (C=O) groups excluding carboxylic acids is 1. The van der Waals surface area contributed by atoms with Gasteiger partial charge in [0.05, 0.1) is 13.2 Å². The first-order valence-electron chi connectivity index (χ1n) is 13.2. The molecule has 1 aromatic heterocycles. The Labute approximate surface area is 213 Å². The van der Waals surface area contributed by atoms with Crippen molar-refractivity contribution in [3.05, 3.63) is 66.1 Å². The average Bonchev–Trinajstić information content (AvgIpc) is 3.40. The number of nitrogens with one attached hydrogen (secondary N) is 1. The normalized spacial score (nSPS) is 17.9. The minimum absolute atomic E-state index is 0.0551. The quantitative estimate of drug-likeness (QED) is 0.414. The van der Waals surface area contributed by atoms with Crippen molar-refractivity contribution in [1.82, 2.24) is 20.4 Å². The number of carbonyl (C=O) groups is 1. The maximum absolute atomic E-state index is 12.7. The first-order chi connectivity index (χ1) is 17.7. The lowest BCUT2D eigenvalue weighted by atomic mass is 9.83. The highest BCUT2D eigenvalue weighted by Crippen LogP contribution is 2.31. The molecule has 1 atom stereocenters. The molecule has 1 N–H and O–H groups in total. The lowest BCUT2D eigenvalue weighted by molar-refractivity contribution is -0.123. The molecule has 7 nitrogen and oxygen atoms in total. The SMILES string of the molecule is COc1ccc(-c2noc(C3CCN(CCC(NC(=O)CC4CCC4)c4ccccc4)CC3)n2)cc1. The van der Waals surface area contributed by atoms with Gasteiger partial charge in [0.25, 0.3) is 0 Å². The first-order valence-corrected chi connectivity index (χ1v) is 13.2. The minimum Gasteiger partial charge on any atom is -0.497 e. The zero-order valence-corrected chi connectivity index (χ0v) is 21.1. The van der Waals surface area contributed by atoms with Crippen molar-refractivity contribution in [2.75, 3.05) is 26.7 Å². The topological polar surface area (TPSA) is 80.5 Å². The standard InChI is InChI=1S/C29H36N4O3/c1-35-25-12-10-23(11-13-25)28-31-29(36-32-28)24-14-17-33(18-15-24)19-16-26(22-8-3-2-4-9-22)30-27(34)20-21-6-5-7-21/h2-4,8-13,21,24,26H,5-7,14-20H2,1H3,(H,30,34). The first kappa shape index (κ1) is 24.5. The van der Waals surface area contributed by atoms with Crippen LogP contribution in [0.4, 0.5) is 0 Å². The predicted octanol–water partition coefficient (Wildman–Crippen LogP) is 5.36. The van der Waals surface area contributed by atoms with E-state index < -0.39 is 0 Å². The van der Waals surface area contributed by atoms with Gasteiger partial charge in [0, 0.05) is 24.4 Å². The molecule has 2 aliphatic rings. The van der Waals surface area contributed by atoms with Crippen molar-refractivity contribution >= 4 is 5.91 Å². The molecule has 5 rings (SSSR count). The smallest absolute Gasteiger partial charge is 0.230 e. The van der Waals surface area contributed by atoms with E-state index in [2.05, 4.69) is 44.6 Å². The summed E-state index contributed by atoms with van der Waals surface area (Å²) in [5.74, 6) is 3.21. The van der Waals surface area contributed by atoms with Crippen LogP contribution in [-0.4, -0.2) is 47.7 Å². The molecular formula is C29H36N4O3. The molecule has 1 unspecified atom stereocenters. The molecule has 1 aliphatic heterocycles. The number of amides is 1. The highest BCUT2D eigenvalue weighted by atomic mass is 16.5. The number of likely N-dealkylation sites (tertiary alicyclic amines) is 1. The third-order valence-electron chi connectivity index (χ3n) is 7.70. The monoisotopic (exact) mass is 488 g/mol. The second kappa shape index (κ2) is 11.7. The van der Waals surface area contributed by atoms with Gasteiger partial charge in [-0.15, -0.1) is 0 Å². The van der Waals surface area contributed by atoms with Crippen molar-refractivity contribution < 1.29 is 14.1 Å². The van der Waals surface area contributed by atoms with Crippen LogP contribution in [-0.2, 0) is 4.79 Å². The molecule has 1 amide bonds. The fourth-order valence-electron chi connectivity index (χ4n) is 5.19. The third-order valence-corrected chi connectivity index (χ3v) is 7.70. The Morgan fingerprint density at radius 2 is 1.83 bits per heavy atom. The maximum atomic E-state index is 12.7. The number of methoxy groups -OCH3 is 1. The predicted molar refractivity (Wildman–Crippen MR) is 139 cm³/mol. The number of hydrogen-bond donors (Lipinski definition) is 1. The van der Waals surface area contributed by atoms with Gasteiger partial charge in [0.1, 0.15) is 5.75 Å². The van der Waals surface area contributed by atoms with Gasteiger partial charge in [0.15, 0.2) is 0 Å². The van der Waals surface area contributed by atoms with E-state index in [1.807, 2.05) is 30.3 Å². The molecule has 2 heterocycles. The number of piperidine rings is 1. The Morgan fingerprint density at radius 3 is 2.50 bits per heavy atom. The molecule has 36 heavy (non-hydrogen) atoms. The van der Waals surface area contributed by atoms with Crippen molar-refractivity contribution in [3.8, 4) is 17.1 Å². The number of nitrogens with zero attached hydrogens (tertiary/aromatic N) is 3. The third kappa shape index (κ3) is 6.13. The summed E-state index contributed by atoms with van der Waals surface area (Å²) in [5.41, 5.74) is 2.11. The van der Waals surface area contributed by atoms with Crippen LogP contribution in [0.15, 0.2) is 59.1 Å². The molecule has 1 saturated carbocycles. The Balaban J connectivity index is 1.13. The number of benzene rings is 2. The van der Waals surface area contributed by atoms with Crippen LogP contribution >= 0.6 is 0 Å². The molecule has 1 aliphatic carbocycles. The molecule has 2 aromatic carbocycles. The van der Waals surface area contributed by atoms with Gasteiger partial charge in [-0.1, -0.05) is 41.9 Å². The Hall–Kier alpha value is -3.19. The summed E-state index contributed by atoms with van der Waals surface area (Å²) >= 11 is 0. The van der Waals surface area contributed by atoms with Gasteiger partial charge in [-0.05, 0) is 80.9 Å². The summed E-state index contributed by atoms with van der Waals surface area (Å²) in [6.45, 7) is 2.93. The van der Waals surface area contributed by atoms with Gasteiger partial charge in [-0.3, -0.25) is 4.79 Å². The summed E-state index contributed by atoms with van der Waals surface area (Å²) in [5, 5.41) is 7.53. The van der Waals surface area contributed by atoms with Gasteiger partial charge in [0.2, 0.25) is 17.6 Å². The van der Waals surface area contributed by atoms with Crippen molar-refractivity contribution in [2.45, 2.75) is 56.9 Å². The minimum atomic E-state index is 0.0551. The van der Waals surface area contributed by atoms with E-state index in [9.17, 15) is 4.79 Å². The van der Waals surface area contributed by atoms with Crippen LogP contribution in [0.5, 0.6) is 5.75 Å². The number of hydrogen-bond acceptors (Lipinski definition) is 6. The summed E-state index contributed by atoms with van der Waals surface area (Å²) in [4.78, 5) is 19.8. The number of aromatic nitrogens is 2. The van der Waals surface area contributed by atoms with Gasteiger partial charge < -0.3 is 19.5 Å².